The Kier molecular flexibility index (Phi) is 19.1. The number of aliphatic hydroxyl groups excluding tert-OH is 6. The highest BCUT2D eigenvalue weighted by molar-refractivity contribution is 5.66. The monoisotopic (exact) mass is 478 g/mol. The van der Waals surface area contributed by atoms with E-state index in [1.807, 2.05) is 0 Å². The molecule has 0 atom stereocenters. The van der Waals surface area contributed by atoms with Crippen LogP contribution in [0.3, 0.4) is 0 Å². The van der Waals surface area contributed by atoms with Gasteiger partial charge >= 0.3 is 5.97 Å². The third kappa shape index (κ3) is 15.7. The average Bonchev–Trinajstić information content (AvgIpc) is 2.77. The van der Waals surface area contributed by atoms with E-state index in [2.05, 4.69) is 13.8 Å². The van der Waals surface area contributed by atoms with Gasteiger partial charge in [0.25, 0.3) is 0 Å². The molecule has 1 aliphatic rings. The van der Waals surface area contributed by atoms with Gasteiger partial charge in [0.1, 0.15) is 36.6 Å². The Bertz CT molecular complexity index is 415. The number of carbonyl (C=O) groups is 1. The fourth-order valence-corrected chi connectivity index (χ4v) is 3.99. The Morgan fingerprint density at radius 3 is 1.00 bits per heavy atom. The first-order valence-corrected chi connectivity index (χ1v) is 12.9. The number of carboxylic acids is 1. The van der Waals surface area contributed by atoms with Crippen molar-refractivity contribution in [1.82, 2.24) is 0 Å². The summed E-state index contributed by atoms with van der Waals surface area (Å²) in [7, 11) is 0. The van der Waals surface area contributed by atoms with Crippen molar-refractivity contribution in [3.63, 3.8) is 0 Å². The summed E-state index contributed by atoms with van der Waals surface area (Å²) in [6, 6.07) is 0. The molecule has 1 saturated carbocycles. The van der Waals surface area contributed by atoms with E-state index in [1.165, 1.54) is 77.0 Å². The molecule has 0 aromatic carbocycles. The van der Waals surface area contributed by atoms with Gasteiger partial charge in [0.05, 0.1) is 0 Å². The second kappa shape index (κ2) is 19.5. The summed E-state index contributed by atoms with van der Waals surface area (Å²) in [5.41, 5.74) is 0. The molecular weight excluding hydrogens is 428 g/mol. The van der Waals surface area contributed by atoms with Gasteiger partial charge in [0.2, 0.25) is 0 Å². The first-order chi connectivity index (χ1) is 15.6. The SMILES string of the molecule is CC(C)CCCCCCCCCCCCCCCC(=O)O.O[C@H]1[C@H](O)[C@@H](O)[C@H](O)[C@@H](O)[C@H]1O. The number of aliphatic hydroxyl groups is 6. The summed E-state index contributed by atoms with van der Waals surface area (Å²) >= 11 is 0. The van der Waals surface area contributed by atoms with Gasteiger partial charge in [-0.1, -0.05) is 97.3 Å². The molecule has 0 spiro atoms. The fraction of sp³-hybridized carbons (Fsp3) is 0.960. The smallest absolute Gasteiger partial charge is 0.303 e. The Labute approximate surface area is 199 Å². The van der Waals surface area contributed by atoms with Gasteiger partial charge in [-0.2, -0.15) is 0 Å². The summed E-state index contributed by atoms with van der Waals surface area (Å²) in [5.74, 6) is 0.216. The van der Waals surface area contributed by atoms with Crippen LogP contribution < -0.4 is 0 Å². The van der Waals surface area contributed by atoms with Crippen molar-refractivity contribution in [3.8, 4) is 0 Å². The Morgan fingerprint density at radius 2 is 0.758 bits per heavy atom. The maximum atomic E-state index is 10.3. The maximum absolute atomic E-state index is 10.3. The van der Waals surface area contributed by atoms with Crippen LogP contribution >= 0.6 is 0 Å². The third-order valence-corrected chi connectivity index (χ3v) is 6.27. The lowest BCUT2D eigenvalue weighted by molar-refractivity contribution is -0.223. The molecule has 0 bridgehead atoms. The Balaban J connectivity index is 0.000000716. The average molecular weight is 479 g/mol. The standard InChI is InChI=1S/C19H38O2.C6H12O6/c1-18(2)16-14-12-10-8-6-4-3-5-7-9-11-13-15-17-19(20)21;7-1-2(8)4(10)6(12)5(11)3(1)9/h18H,3-17H2,1-2H3,(H,20,21);1-12H/t;1-,2-,3-,4+,5-,6-. The molecule has 1 aliphatic carbocycles. The van der Waals surface area contributed by atoms with Crippen molar-refractivity contribution in [2.24, 2.45) is 5.92 Å². The van der Waals surface area contributed by atoms with Crippen molar-refractivity contribution in [2.45, 2.75) is 147 Å². The highest BCUT2D eigenvalue weighted by Gasteiger charge is 2.47. The lowest BCUT2D eigenvalue weighted by Crippen LogP contribution is -2.63. The molecule has 0 heterocycles. The van der Waals surface area contributed by atoms with E-state index in [4.69, 9.17) is 35.7 Å². The lowest BCUT2D eigenvalue weighted by atomic mass is 9.85. The van der Waals surface area contributed by atoms with Crippen LogP contribution in [0.4, 0.5) is 0 Å². The largest absolute Gasteiger partial charge is 0.481 e. The van der Waals surface area contributed by atoms with Crippen LogP contribution in [0.1, 0.15) is 110 Å². The van der Waals surface area contributed by atoms with E-state index >= 15 is 0 Å². The van der Waals surface area contributed by atoms with Crippen LogP contribution in [0.25, 0.3) is 0 Å². The van der Waals surface area contributed by atoms with Crippen molar-refractivity contribution in [3.05, 3.63) is 0 Å². The van der Waals surface area contributed by atoms with Gasteiger partial charge in [-0.15, -0.1) is 0 Å². The van der Waals surface area contributed by atoms with Crippen LogP contribution in [0.2, 0.25) is 0 Å². The van der Waals surface area contributed by atoms with Gasteiger partial charge in [-0.05, 0) is 12.3 Å². The van der Waals surface area contributed by atoms with E-state index < -0.39 is 42.6 Å². The fourth-order valence-electron chi connectivity index (χ4n) is 3.99. The number of hydrogen-bond acceptors (Lipinski definition) is 7. The van der Waals surface area contributed by atoms with Gasteiger partial charge in [-0.3, -0.25) is 4.79 Å². The minimum absolute atomic E-state index is 0.344. The predicted molar refractivity (Wildman–Crippen MR) is 128 cm³/mol. The van der Waals surface area contributed by atoms with E-state index in [0.717, 1.165) is 18.8 Å². The molecule has 0 aromatic rings. The van der Waals surface area contributed by atoms with Gasteiger partial charge in [0.15, 0.2) is 0 Å². The van der Waals surface area contributed by atoms with Crippen LogP contribution in [-0.2, 0) is 4.79 Å². The first-order valence-electron chi connectivity index (χ1n) is 12.9. The Morgan fingerprint density at radius 1 is 0.515 bits per heavy atom. The van der Waals surface area contributed by atoms with Gasteiger partial charge in [-0.25, -0.2) is 0 Å². The molecule has 198 valence electrons. The van der Waals surface area contributed by atoms with Crippen molar-refractivity contribution < 1.29 is 40.5 Å². The summed E-state index contributed by atoms with van der Waals surface area (Å²) in [4.78, 5) is 10.3. The summed E-state index contributed by atoms with van der Waals surface area (Å²) in [6.45, 7) is 4.62. The molecule has 8 nitrogen and oxygen atoms in total. The van der Waals surface area contributed by atoms with Crippen molar-refractivity contribution >= 4 is 5.97 Å². The summed E-state index contributed by atoms with van der Waals surface area (Å²) in [5, 5.41) is 62.4. The minimum Gasteiger partial charge on any atom is -0.481 e. The predicted octanol–water partition coefficient (Wildman–Crippen LogP) is 2.74. The molecule has 0 radical (unpaired) electrons. The number of hydrogen-bond donors (Lipinski definition) is 7. The summed E-state index contributed by atoms with van der Waals surface area (Å²) < 4.78 is 0. The van der Waals surface area contributed by atoms with Crippen LogP contribution in [-0.4, -0.2) is 78.3 Å². The molecule has 0 aromatic heterocycles. The molecule has 7 N–H and O–H groups in total. The zero-order chi connectivity index (χ0) is 25.2. The topological polar surface area (TPSA) is 159 Å². The number of unbranched alkanes of at least 4 members (excludes halogenated alkanes) is 12. The second-order valence-electron chi connectivity index (χ2n) is 9.87. The normalized spacial score (nSPS) is 27.3. The zero-order valence-electron chi connectivity index (χ0n) is 20.7. The van der Waals surface area contributed by atoms with E-state index in [1.54, 1.807) is 0 Å². The van der Waals surface area contributed by atoms with E-state index in [0.29, 0.717) is 6.42 Å². The molecule has 0 saturated heterocycles. The molecule has 1 rings (SSSR count). The second-order valence-corrected chi connectivity index (χ2v) is 9.87. The summed E-state index contributed by atoms with van der Waals surface area (Å²) in [6.07, 6.45) is 8.94. The first kappa shape index (κ1) is 32.2. The highest BCUT2D eigenvalue weighted by atomic mass is 16.4. The maximum Gasteiger partial charge on any atom is 0.303 e. The molecule has 8 heteroatoms. The quantitative estimate of drug-likeness (QED) is 0.167. The number of carboxylic acid groups (broad SMARTS) is 1. The third-order valence-electron chi connectivity index (χ3n) is 6.27. The van der Waals surface area contributed by atoms with Crippen LogP contribution in [0.15, 0.2) is 0 Å². The number of rotatable bonds is 16. The molecule has 0 unspecified atom stereocenters. The van der Waals surface area contributed by atoms with Crippen molar-refractivity contribution in [1.29, 1.82) is 0 Å². The molecular formula is C25H50O8. The van der Waals surface area contributed by atoms with Crippen LogP contribution in [0.5, 0.6) is 0 Å². The van der Waals surface area contributed by atoms with Gasteiger partial charge < -0.3 is 35.7 Å². The van der Waals surface area contributed by atoms with Crippen LogP contribution in [0, 0.1) is 5.92 Å². The Hall–Kier alpha value is -0.770. The zero-order valence-corrected chi connectivity index (χ0v) is 20.7. The number of aliphatic carboxylic acids is 1. The lowest BCUT2D eigenvalue weighted by Gasteiger charge is -2.39. The molecule has 33 heavy (non-hydrogen) atoms. The highest BCUT2D eigenvalue weighted by Crippen LogP contribution is 2.21. The molecule has 0 amide bonds. The van der Waals surface area contributed by atoms with Crippen molar-refractivity contribution in [2.75, 3.05) is 0 Å². The van der Waals surface area contributed by atoms with E-state index in [-0.39, 0.29) is 0 Å². The molecule has 0 aliphatic heterocycles. The van der Waals surface area contributed by atoms with Gasteiger partial charge in [0, 0.05) is 6.42 Å². The minimum atomic E-state index is -1.64. The van der Waals surface area contributed by atoms with E-state index in [9.17, 15) is 4.79 Å². The molecule has 1 fully saturated rings.